The van der Waals surface area contributed by atoms with E-state index in [0.29, 0.717) is 24.1 Å². The Balaban J connectivity index is 2.77. The third-order valence-corrected chi connectivity index (χ3v) is 6.34. The van der Waals surface area contributed by atoms with Crippen molar-refractivity contribution in [3.8, 4) is 0 Å². The van der Waals surface area contributed by atoms with Gasteiger partial charge in [-0.3, -0.25) is 9.79 Å². The molecule has 1 heterocycles. The number of hydrogen-bond donors (Lipinski definition) is 2. The molecule has 0 aliphatic carbocycles. The predicted molar refractivity (Wildman–Crippen MR) is 133 cm³/mol. The molecule has 184 valence electrons. The Morgan fingerprint density at radius 1 is 1.36 bits per heavy atom. The number of amides is 1. The van der Waals surface area contributed by atoms with Crippen molar-refractivity contribution in [2.45, 2.75) is 19.4 Å². The number of likely N-dealkylation sites (N-methyl/N-ethyl adjacent to an activating group) is 2. The number of nitrogens with one attached hydrogen (secondary N) is 2. The zero-order valence-electron chi connectivity index (χ0n) is 20.5. The summed E-state index contributed by atoms with van der Waals surface area (Å²) < 4.78 is 34.4. The molecular formula is C23H37N5O4S. The molecule has 0 spiro atoms. The van der Waals surface area contributed by atoms with Gasteiger partial charge >= 0.3 is 0 Å². The molecule has 1 atom stereocenters. The van der Waals surface area contributed by atoms with Crippen LogP contribution in [0.25, 0.3) is 6.20 Å². The summed E-state index contributed by atoms with van der Waals surface area (Å²) in [5, 5.41) is 2.99. The van der Waals surface area contributed by atoms with Gasteiger partial charge in [-0.25, -0.2) is 13.1 Å². The first-order valence-electron chi connectivity index (χ1n) is 10.6. The summed E-state index contributed by atoms with van der Waals surface area (Å²) in [5.74, 6) is -0.346. The maximum atomic E-state index is 12.8. The van der Waals surface area contributed by atoms with Crippen LogP contribution in [0.2, 0.25) is 0 Å². The number of aromatic nitrogens is 1. The monoisotopic (exact) mass is 479 g/mol. The fourth-order valence-corrected chi connectivity index (χ4v) is 4.00. The largest absolute Gasteiger partial charge is 0.376 e. The molecule has 1 aromatic rings. The van der Waals surface area contributed by atoms with Gasteiger partial charge in [0.25, 0.3) is 5.91 Å². The van der Waals surface area contributed by atoms with E-state index in [4.69, 9.17) is 4.74 Å². The summed E-state index contributed by atoms with van der Waals surface area (Å²) in [6.07, 6.45) is 8.40. The second-order valence-corrected chi connectivity index (χ2v) is 9.65. The number of carbonyl (C=O) groups is 1. The molecule has 0 aromatic carbocycles. The molecule has 10 heteroatoms. The first kappa shape index (κ1) is 28.5. The van der Waals surface area contributed by atoms with E-state index >= 15 is 0 Å². The highest BCUT2D eigenvalue weighted by Crippen LogP contribution is 2.08. The maximum absolute atomic E-state index is 12.8. The van der Waals surface area contributed by atoms with Gasteiger partial charge in [0.05, 0.1) is 16.9 Å². The van der Waals surface area contributed by atoms with Crippen LogP contribution < -0.4 is 15.5 Å². The molecule has 2 N–H and O–H groups in total. The minimum absolute atomic E-state index is 0.156. The van der Waals surface area contributed by atoms with Crippen molar-refractivity contribution in [1.29, 1.82) is 0 Å². The first-order chi connectivity index (χ1) is 15.5. The molecular weight excluding hydrogens is 442 g/mol. The molecule has 0 bridgehead atoms. The van der Waals surface area contributed by atoms with Gasteiger partial charge in [0.15, 0.2) is 0 Å². The van der Waals surface area contributed by atoms with E-state index in [1.165, 1.54) is 0 Å². The van der Waals surface area contributed by atoms with Gasteiger partial charge in [0.1, 0.15) is 5.49 Å². The lowest BCUT2D eigenvalue weighted by Gasteiger charge is -2.27. The lowest BCUT2D eigenvalue weighted by molar-refractivity contribution is 0.0132. The molecule has 9 nitrogen and oxygen atoms in total. The summed E-state index contributed by atoms with van der Waals surface area (Å²) in [7, 11) is 3.17. The number of sulfonamides is 1. The van der Waals surface area contributed by atoms with Crippen LogP contribution in [0.4, 0.5) is 0 Å². The van der Waals surface area contributed by atoms with Crippen LogP contribution in [0, 0.1) is 0 Å². The lowest BCUT2D eigenvalue weighted by Crippen LogP contribution is -2.48. The van der Waals surface area contributed by atoms with Gasteiger partial charge in [0, 0.05) is 53.2 Å². The highest BCUT2D eigenvalue weighted by molar-refractivity contribution is 7.89. The van der Waals surface area contributed by atoms with E-state index in [2.05, 4.69) is 21.6 Å². The molecule has 0 aliphatic rings. The van der Waals surface area contributed by atoms with E-state index < -0.39 is 15.6 Å². The molecule has 0 radical (unpaired) electrons. The third-order valence-electron chi connectivity index (χ3n) is 5.12. The van der Waals surface area contributed by atoms with Crippen LogP contribution in [0.15, 0.2) is 53.7 Å². The number of ether oxygens (including phenoxy) is 1. The summed E-state index contributed by atoms with van der Waals surface area (Å²) in [6.45, 7) is 8.40. The number of allylic oxidation sites excluding steroid dienone is 1. The molecule has 1 aromatic heterocycles. The Morgan fingerprint density at radius 3 is 2.61 bits per heavy atom. The maximum Gasteiger partial charge on any atom is 0.255 e. The van der Waals surface area contributed by atoms with Gasteiger partial charge in [0.2, 0.25) is 10.0 Å². The second-order valence-electron chi connectivity index (χ2n) is 7.80. The van der Waals surface area contributed by atoms with Crippen LogP contribution in [0.1, 0.15) is 24.2 Å². The highest BCUT2D eigenvalue weighted by atomic mass is 32.2. The van der Waals surface area contributed by atoms with Gasteiger partial charge in [-0.1, -0.05) is 24.8 Å². The predicted octanol–water partition coefficient (Wildman–Crippen LogP) is 1.24. The van der Waals surface area contributed by atoms with Crippen molar-refractivity contribution >= 4 is 22.1 Å². The molecule has 0 fully saturated rings. The Bertz CT molecular complexity index is 1040. The van der Waals surface area contributed by atoms with Crippen molar-refractivity contribution in [3.05, 3.63) is 59.8 Å². The molecule has 1 unspecified atom stereocenters. The number of hydrogen-bond acceptors (Lipinski definition) is 6. The van der Waals surface area contributed by atoms with Crippen molar-refractivity contribution < 1.29 is 17.9 Å². The van der Waals surface area contributed by atoms with Crippen LogP contribution in [0.3, 0.4) is 0 Å². The van der Waals surface area contributed by atoms with Gasteiger partial charge < -0.3 is 19.5 Å². The average Bonchev–Trinajstić information content (AvgIpc) is 2.81. The average molecular weight is 480 g/mol. The van der Waals surface area contributed by atoms with Crippen LogP contribution >= 0.6 is 0 Å². The normalized spacial score (nSPS) is 15.0. The standard InChI is InChI=1S/C23H37N5O4S/c1-8-19(11-10-14-33(30,31)26-18-23(3,32-7)17-24-4)15-27(6)22(29)20-12-13-21(25-5)28(9-2)16-20/h8-13,16,24,26H,2,14-15,17-18H2,1,3-7H3. The van der Waals surface area contributed by atoms with Crippen molar-refractivity contribution in [2.24, 2.45) is 4.99 Å². The summed E-state index contributed by atoms with van der Waals surface area (Å²) in [6, 6.07) is 3.47. The SMILES string of the molecule is C=Cn1cc(C(=O)N(C)CC(C=CCS(=O)(=O)NCC(C)(CNC)OC)=CC)ccc1=NC. The minimum Gasteiger partial charge on any atom is -0.376 e. The van der Waals surface area contributed by atoms with Crippen LogP contribution in [0.5, 0.6) is 0 Å². The van der Waals surface area contributed by atoms with E-state index in [1.807, 2.05) is 19.9 Å². The molecule has 1 rings (SSSR count). The molecule has 0 aliphatic heterocycles. The van der Waals surface area contributed by atoms with Gasteiger partial charge in [-0.2, -0.15) is 0 Å². The summed E-state index contributed by atoms with van der Waals surface area (Å²) in [5.41, 5.74) is 1.36. The minimum atomic E-state index is -3.52. The first-order valence-corrected chi connectivity index (χ1v) is 12.2. The molecule has 33 heavy (non-hydrogen) atoms. The van der Waals surface area contributed by atoms with E-state index in [-0.39, 0.29) is 18.2 Å². The quantitative estimate of drug-likeness (QED) is 0.414. The van der Waals surface area contributed by atoms with Crippen molar-refractivity contribution in [1.82, 2.24) is 19.5 Å². The second kappa shape index (κ2) is 13.2. The molecule has 1 amide bonds. The number of carbonyl (C=O) groups excluding carboxylic acids is 1. The molecule has 0 saturated carbocycles. The fraction of sp³-hybridized carbons (Fsp3) is 0.478. The number of methoxy groups -OCH3 is 1. The topological polar surface area (TPSA) is 105 Å². The highest BCUT2D eigenvalue weighted by Gasteiger charge is 2.24. The molecule has 0 saturated heterocycles. The van der Waals surface area contributed by atoms with Crippen LogP contribution in [-0.2, 0) is 14.8 Å². The van der Waals surface area contributed by atoms with Crippen molar-refractivity contribution in [2.75, 3.05) is 53.6 Å². The van der Waals surface area contributed by atoms with E-state index in [0.717, 1.165) is 5.57 Å². The van der Waals surface area contributed by atoms with Gasteiger partial charge in [-0.05, 0) is 38.6 Å². The number of nitrogens with zero attached hydrogens (tertiary/aromatic N) is 3. The van der Waals surface area contributed by atoms with E-state index in [1.54, 1.807) is 74.4 Å². The zero-order valence-corrected chi connectivity index (χ0v) is 21.3. The number of pyridine rings is 1. The van der Waals surface area contributed by atoms with E-state index in [9.17, 15) is 13.2 Å². The summed E-state index contributed by atoms with van der Waals surface area (Å²) in [4.78, 5) is 18.5. The third kappa shape index (κ3) is 9.09. The smallest absolute Gasteiger partial charge is 0.255 e. The van der Waals surface area contributed by atoms with Crippen LogP contribution in [-0.4, -0.2) is 83.0 Å². The Hall–Kier alpha value is -2.53. The summed E-state index contributed by atoms with van der Waals surface area (Å²) >= 11 is 0. The Morgan fingerprint density at radius 2 is 2.06 bits per heavy atom. The fourth-order valence-electron chi connectivity index (χ4n) is 3.01. The Labute approximate surface area is 197 Å². The zero-order chi connectivity index (χ0) is 25.1. The number of rotatable bonds is 13. The van der Waals surface area contributed by atoms with Gasteiger partial charge in [-0.15, -0.1) is 0 Å². The van der Waals surface area contributed by atoms with Crippen molar-refractivity contribution in [3.63, 3.8) is 0 Å². The Kier molecular flexibility index (Phi) is 11.4. The lowest BCUT2D eigenvalue weighted by atomic mass is 10.1.